The Morgan fingerprint density at radius 3 is 2.89 bits per heavy atom. The van der Waals surface area contributed by atoms with Gasteiger partial charge in [0.15, 0.2) is 0 Å². The lowest BCUT2D eigenvalue weighted by Crippen LogP contribution is -2.39. The molecule has 1 N–H and O–H groups in total. The van der Waals surface area contributed by atoms with Crippen molar-refractivity contribution in [2.75, 3.05) is 19.6 Å². The van der Waals surface area contributed by atoms with Gasteiger partial charge in [-0.3, -0.25) is 4.90 Å². The van der Waals surface area contributed by atoms with E-state index in [0.29, 0.717) is 5.41 Å². The lowest BCUT2D eigenvalue weighted by molar-refractivity contribution is 0.105. The van der Waals surface area contributed by atoms with Crippen LogP contribution < -0.4 is 5.32 Å². The molecule has 0 saturated carbocycles. The molecule has 2 heterocycles. The smallest absolute Gasteiger partial charge is 0.118 e. The van der Waals surface area contributed by atoms with Crippen LogP contribution in [0, 0.1) is 12.3 Å². The van der Waals surface area contributed by atoms with Crippen molar-refractivity contribution >= 4 is 0 Å². The van der Waals surface area contributed by atoms with E-state index in [-0.39, 0.29) is 0 Å². The van der Waals surface area contributed by atoms with E-state index in [1.54, 1.807) is 0 Å². The zero-order chi connectivity index (χ0) is 13.9. The van der Waals surface area contributed by atoms with E-state index < -0.39 is 0 Å². The SMILES string of the molecule is CCNCc1cc(CN2CCCC(C)(C)C2)oc1C. The van der Waals surface area contributed by atoms with E-state index in [4.69, 9.17) is 4.42 Å². The van der Waals surface area contributed by atoms with E-state index in [9.17, 15) is 0 Å². The summed E-state index contributed by atoms with van der Waals surface area (Å²) in [6.45, 7) is 14.2. The standard InChI is InChI=1S/C16H28N2O/c1-5-17-10-14-9-15(19-13(14)2)11-18-8-6-7-16(3,4)12-18/h9,17H,5-8,10-12H2,1-4H3. The first-order valence-corrected chi connectivity index (χ1v) is 7.51. The number of rotatable bonds is 5. The van der Waals surface area contributed by atoms with Gasteiger partial charge in [-0.15, -0.1) is 0 Å². The maximum absolute atomic E-state index is 5.90. The first-order chi connectivity index (χ1) is 9.00. The van der Waals surface area contributed by atoms with Gasteiger partial charge in [-0.25, -0.2) is 0 Å². The largest absolute Gasteiger partial charge is 0.465 e. The summed E-state index contributed by atoms with van der Waals surface area (Å²) in [7, 11) is 0. The van der Waals surface area contributed by atoms with Gasteiger partial charge < -0.3 is 9.73 Å². The molecule has 0 unspecified atom stereocenters. The highest BCUT2D eigenvalue weighted by Gasteiger charge is 2.26. The first-order valence-electron chi connectivity index (χ1n) is 7.51. The molecule has 108 valence electrons. The summed E-state index contributed by atoms with van der Waals surface area (Å²) in [5, 5.41) is 3.36. The number of furan rings is 1. The Morgan fingerprint density at radius 1 is 1.42 bits per heavy atom. The Balaban J connectivity index is 1.95. The molecular weight excluding hydrogens is 236 g/mol. The van der Waals surface area contributed by atoms with Crippen LogP contribution in [0.5, 0.6) is 0 Å². The van der Waals surface area contributed by atoms with Crippen LogP contribution in [-0.2, 0) is 13.1 Å². The van der Waals surface area contributed by atoms with Crippen molar-refractivity contribution in [2.45, 2.75) is 53.6 Å². The molecule has 1 aliphatic rings. The van der Waals surface area contributed by atoms with Crippen molar-refractivity contribution in [3.8, 4) is 0 Å². The molecule has 0 aliphatic carbocycles. The Labute approximate surface area is 117 Å². The highest BCUT2D eigenvalue weighted by Crippen LogP contribution is 2.29. The fourth-order valence-electron chi connectivity index (χ4n) is 3.00. The molecule has 19 heavy (non-hydrogen) atoms. The van der Waals surface area contributed by atoms with E-state index in [2.05, 4.69) is 44.0 Å². The fourth-order valence-corrected chi connectivity index (χ4v) is 3.00. The predicted molar refractivity (Wildman–Crippen MR) is 79.1 cm³/mol. The zero-order valence-corrected chi connectivity index (χ0v) is 12.9. The quantitative estimate of drug-likeness (QED) is 0.884. The van der Waals surface area contributed by atoms with E-state index in [1.165, 1.54) is 31.5 Å². The molecule has 0 radical (unpaired) electrons. The van der Waals surface area contributed by atoms with E-state index >= 15 is 0 Å². The fraction of sp³-hybridized carbons (Fsp3) is 0.750. The summed E-state index contributed by atoms with van der Waals surface area (Å²) in [4.78, 5) is 2.53. The van der Waals surface area contributed by atoms with Crippen molar-refractivity contribution in [1.29, 1.82) is 0 Å². The average molecular weight is 264 g/mol. The summed E-state index contributed by atoms with van der Waals surface area (Å²) < 4.78 is 5.90. The number of hydrogen-bond donors (Lipinski definition) is 1. The summed E-state index contributed by atoms with van der Waals surface area (Å²) in [6, 6.07) is 2.22. The van der Waals surface area contributed by atoms with Crippen molar-refractivity contribution in [3.63, 3.8) is 0 Å². The van der Waals surface area contributed by atoms with Gasteiger partial charge in [-0.05, 0) is 44.3 Å². The molecule has 0 aromatic carbocycles. The van der Waals surface area contributed by atoms with Gasteiger partial charge in [-0.2, -0.15) is 0 Å². The second-order valence-corrected chi connectivity index (χ2v) is 6.55. The average Bonchev–Trinajstić information content (AvgIpc) is 2.65. The van der Waals surface area contributed by atoms with Crippen LogP contribution >= 0.6 is 0 Å². The Hall–Kier alpha value is -0.800. The third kappa shape index (κ3) is 4.08. The van der Waals surface area contributed by atoms with Crippen LogP contribution in [-0.4, -0.2) is 24.5 Å². The van der Waals surface area contributed by atoms with E-state index in [0.717, 1.165) is 31.2 Å². The van der Waals surface area contributed by atoms with Crippen LogP contribution in [0.3, 0.4) is 0 Å². The van der Waals surface area contributed by atoms with Crippen molar-refractivity contribution in [3.05, 3.63) is 23.2 Å². The number of likely N-dealkylation sites (tertiary alicyclic amines) is 1. The molecule has 1 fully saturated rings. The van der Waals surface area contributed by atoms with Crippen LogP contribution in [0.2, 0.25) is 0 Å². The number of hydrogen-bond acceptors (Lipinski definition) is 3. The highest BCUT2D eigenvalue weighted by atomic mass is 16.3. The molecule has 0 amide bonds. The second-order valence-electron chi connectivity index (χ2n) is 6.55. The topological polar surface area (TPSA) is 28.4 Å². The maximum atomic E-state index is 5.90. The van der Waals surface area contributed by atoms with Crippen LogP contribution in [0.1, 0.15) is 50.7 Å². The molecule has 0 atom stereocenters. The molecule has 1 aliphatic heterocycles. The summed E-state index contributed by atoms with van der Waals surface area (Å²) in [5.41, 5.74) is 1.75. The zero-order valence-electron chi connectivity index (χ0n) is 12.9. The molecule has 3 nitrogen and oxygen atoms in total. The monoisotopic (exact) mass is 264 g/mol. The van der Waals surface area contributed by atoms with Crippen LogP contribution in [0.15, 0.2) is 10.5 Å². The molecule has 0 spiro atoms. The third-order valence-corrected chi connectivity index (χ3v) is 4.00. The molecule has 1 aromatic heterocycles. The molecule has 2 rings (SSSR count). The number of nitrogens with one attached hydrogen (secondary N) is 1. The summed E-state index contributed by atoms with van der Waals surface area (Å²) >= 11 is 0. The van der Waals surface area contributed by atoms with Gasteiger partial charge in [0.1, 0.15) is 11.5 Å². The molecule has 1 saturated heterocycles. The maximum Gasteiger partial charge on any atom is 0.118 e. The van der Waals surface area contributed by atoms with E-state index in [1.807, 2.05) is 0 Å². The van der Waals surface area contributed by atoms with Gasteiger partial charge in [0.05, 0.1) is 6.54 Å². The van der Waals surface area contributed by atoms with Crippen molar-refractivity contribution < 1.29 is 4.42 Å². The van der Waals surface area contributed by atoms with Crippen LogP contribution in [0.4, 0.5) is 0 Å². The Morgan fingerprint density at radius 2 is 2.21 bits per heavy atom. The molecule has 1 aromatic rings. The molecule has 3 heteroatoms. The number of aryl methyl sites for hydroxylation is 1. The van der Waals surface area contributed by atoms with Gasteiger partial charge in [0.2, 0.25) is 0 Å². The Kier molecular flexibility index (Phi) is 4.69. The summed E-state index contributed by atoms with van der Waals surface area (Å²) in [6.07, 6.45) is 2.64. The van der Waals surface area contributed by atoms with Gasteiger partial charge in [0.25, 0.3) is 0 Å². The van der Waals surface area contributed by atoms with Crippen molar-refractivity contribution in [2.24, 2.45) is 5.41 Å². The number of piperidine rings is 1. The minimum absolute atomic E-state index is 0.451. The van der Waals surface area contributed by atoms with Gasteiger partial charge >= 0.3 is 0 Å². The molecular formula is C16H28N2O. The highest BCUT2D eigenvalue weighted by molar-refractivity contribution is 5.20. The third-order valence-electron chi connectivity index (χ3n) is 4.00. The second kappa shape index (κ2) is 6.10. The first kappa shape index (κ1) is 14.6. The van der Waals surface area contributed by atoms with Crippen molar-refractivity contribution in [1.82, 2.24) is 10.2 Å². The predicted octanol–water partition coefficient (Wildman–Crippen LogP) is 3.32. The normalized spacial score (nSPS) is 19.8. The lowest BCUT2D eigenvalue weighted by atomic mass is 9.84. The lowest BCUT2D eigenvalue weighted by Gasteiger charge is -2.37. The minimum Gasteiger partial charge on any atom is -0.465 e. The molecule has 0 bridgehead atoms. The van der Waals surface area contributed by atoms with Gasteiger partial charge in [0, 0.05) is 18.7 Å². The van der Waals surface area contributed by atoms with Gasteiger partial charge in [-0.1, -0.05) is 20.8 Å². The van der Waals surface area contributed by atoms with Crippen LogP contribution in [0.25, 0.3) is 0 Å². The number of nitrogens with zero attached hydrogens (tertiary/aromatic N) is 1. The minimum atomic E-state index is 0.451. The summed E-state index contributed by atoms with van der Waals surface area (Å²) in [5.74, 6) is 2.18. The Bertz CT molecular complexity index is 409.